The minimum absolute atomic E-state index is 0.194. The largest absolute Gasteiger partial charge is 0.481 e. The number of nitrogens with zero attached hydrogens (tertiary/aromatic N) is 1. The average molecular weight is 240 g/mol. The fraction of sp³-hybridized carbons (Fsp3) is 0.636. The van der Waals surface area contributed by atoms with Gasteiger partial charge in [0.2, 0.25) is 0 Å². The number of hydrogen-bond acceptors (Lipinski definition) is 4. The molecule has 1 fully saturated rings. The lowest BCUT2D eigenvalue weighted by Gasteiger charge is -2.21. The fourth-order valence-corrected chi connectivity index (χ4v) is 2.92. The Morgan fingerprint density at radius 2 is 2.50 bits per heavy atom. The zero-order chi connectivity index (χ0) is 11.4. The van der Waals surface area contributed by atoms with Crippen LogP contribution in [-0.4, -0.2) is 22.6 Å². The molecule has 1 aromatic heterocycles. The van der Waals surface area contributed by atoms with Gasteiger partial charge in [-0.2, -0.15) is 0 Å². The third kappa shape index (κ3) is 3.02. The summed E-state index contributed by atoms with van der Waals surface area (Å²) in [5.41, 5.74) is 0. The molecule has 0 bridgehead atoms. The first-order valence-corrected chi connectivity index (χ1v) is 6.47. The van der Waals surface area contributed by atoms with Crippen LogP contribution < -0.4 is 5.32 Å². The van der Waals surface area contributed by atoms with Gasteiger partial charge in [-0.05, 0) is 25.8 Å². The summed E-state index contributed by atoms with van der Waals surface area (Å²) in [5, 5.41) is 13.2. The molecule has 1 aliphatic heterocycles. The van der Waals surface area contributed by atoms with Crippen molar-refractivity contribution < 1.29 is 9.90 Å². The molecule has 0 amide bonds. The Balaban J connectivity index is 1.93. The van der Waals surface area contributed by atoms with E-state index in [0.717, 1.165) is 22.9 Å². The maximum absolute atomic E-state index is 10.5. The van der Waals surface area contributed by atoms with Gasteiger partial charge in [0, 0.05) is 11.1 Å². The molecule has 1 aromatic rings. The molecular weight excluding hydrogens is 224 g/mol. The van der Waals surface area contributed by atoms with Crippen molar-refractivity contribution in [3.05, 3.63) is 16.1 Å². The molecule has 2 heterocycles. The van der Waals surface area contributed by atoms with Crippen LogP contribution in [0.5, 0.6) is 0 Å². The van der Waals surface area contributed by atoms with Crippen molar-refractivity contribution in [3.63, 3.8) is 0 Å². The molecule has 1 saturated heterocycles. The van der Waals surface area contributed by atoms with E-state index >= 15 is 0 Å². The number of nitrogens with one attached hydrogen (secondary N) is 1. The second-order valence-electron chi connectivity index (χ2n) is 4.06. The Hall–Kier alpha value is -0.940. The molecule has 0 saturated carbocycles. The molecule has 4 nitrogen and oxygen atoms in total. The van der Waals surface area contributed by atoms with Gasteiger partial charge in [0.15, 0.2) is 0 Å². The lowest BCUT2D eigenvalue weighted by Crippen LogP contribution is -2.26. The first-order valence-electron chi connectivity index (χ1n) is 5.65. The summed E-state index contributed by atoms with van der Waals surface area (Å²) in [4.78, 5) is 15.9. The van der Waals surface area contributed by atoms with E-state index in [-0.39, 0.29) is 6.42 Å². The number of rotatable bonds is 4. The molecule has 88 valence electrons. The third-order valence-electron chi connectivity index (χ3n) is 2.77. The molecular formula is C11H16N2O2S. The van der Waals surface area contributed by atoms with Gasteiger partial charge in [0.1, 0.15) is 5.01 Å². The second-order valence-corrected chi connectivity index (χ2v) is 5.21. The molecule has 0 radical (unpaired) electrons. The Labute approximate surface area is 98.7 Å². The minimum Gasteiger partial charge on any atom is -0.481 e. The summed E-state index contributed by atoms with van der Waals surface area (Å²) in [7, 11) is 0. The van der Waals surface area contributed by atoms with Crippen LogP contribution in [0.25, 0.3) is 0 Å². The van der Waals surface area contributed by atoms with Crippen molar-refractivity contribution in [2.24, 2.45) is 0 Å². The van der Waals surface area contributed by atoms with Crippen molar-refractivity contribution in [1.29, 1.82) is 0 Å². The third-order valence-corrected chi connectivity index (χ3v) is 3.94. The zero-order valence-electron chi connectivity index (χ0n) is 9.11. The van der Waals surface area contributed by atoms with E-state index in [1.165, 1.54) is 12.8 Å². The van der Waals surface area contributed by atoms with E-state index in [1.807, 2.05) is 6.20 Å². The normalized spacial score (nSPS) is 20.9. The van der Waals surface area contributed by atoms with Crippen LogP contribution in [0.3, 0.4) is 0 Å². The summed E-state index contributed by atoms with van der Waals surface area (Å²) in [6, 6.07) is 0.386. The molecule has 5 heteroatoms. The Kier molecular flexibility index (Phi) is 3.90. The van der Waals surface area contributed by atoms with Gasteiger partial charge in [0.25, 0.3) is 0 Å². The highest BCUT2D eigenvalue weighted by Gasteiger charge is 2.17. The fourth-order valence-electron chi connectivity index (χ4n) is 1.89. The average Bonchev–Trinajstić information content (AvgIpc) is 2.76. The molecule has 0 aromatic carbocycles. The molecule has 1 atom stereocenters. The van der Waals surface area contributed by atoms with Crippen LogP contribution in [0.2, 0.25) is 0 Å². The number of aromatic nitrogens is 1. The molecule has 0 spiro atoms. The monoisotopic (exact) mass is 240 g/mol. The molecule has 2 rings (SSSR count). The number of aryl methyl sites for hydroxylation is 1. The quantitative estimate of drug-likeness (QED) is 0.844. The topological polar surface area (TPSA) is 62.2 Å². The van der Waals surface area contributed by atoms with E-state index < -0.39 is 5.97 Å². The van der Waals surface area contributed by atoms with Crippen molar-refractivity contribution in [3.8, 4) is 0 Å². The van der Waals surface area contributed by atoms with Crippen LogP contribution in [0.4, 0.5) is 0 Å². The van der Waals surface area contributed by atoms with Crippen molar-refractivity contribution in [2.45, 2.75) is 38.1 Å². The molecule has 16 heavy (non-hydrogen) atoms. The van der Waals surface area contributed by atoms with Crippen molar-refractivity contribution in [1.82, 2.24) is 10.3 Å². The van der Waals surface area contributed by atoms with Crippen molar-refractivity contribution >= 4 is 17.3 Å². The number of carboxylic acids is 1. The standard InChI is InChI=1S/C11H16N2O2S/c14-10(15)5-4-8-7-13-11(16-8)9-3-1-2-6-12-9/h7,9,12H,1-6H2,(H,14,15). The van der Waals surface area contributed by atoms with Gasteiger partial charge in [-0.1, -0.05) is 6.42 Å². The summed E-state index contributed by atoms with van der Waals surface area (Å²) in [6.07, 6.45) is 6.25. The van der Waals surface area contributed by atoms with Gasteiger partial charge in [0.05, 0.1) is 12.5 Å². The predicted molar refractivity (Wildman–Crippen MR) is 62.7 cm³/mol. The van der Waals surface area contributed by atoms with Crippen LogP contribution >= 0.6 is 11.3 Å². The molecule has 1 unspecified atom stereocenters. The summed E-state index contributed by atoms with van der Waals surface area (Å²) in [5.74, 6) is -0.745. The van der Waals surface area contributed by atoms with Crippen LogP contribution in [0.15, 0.2) is 6.20 Å². The molecule has 0 aliphatic carbocycles. The summed E-state index contributed by atoms with van der Waals surface area (Å²) in [6.45, 7) is 1.06. The first kappa shape index (κ1) is 11.5. The lowest BCUT2D eigenvalue weighted by atomic mass is 10.1. The first-order chi connectivity index (χ1) is 7.75. The predicted octanol–water partition coefficient (Wildman–Crippen LogP) is 1.97. The SMILES string of the molecule is O=C(O)CCc1cnc(C2CCCCN2)s1. The Morgan fingerprint density at radius 1 is 1.62 bits per heavy atom. The highest BCUT2D eigenvalue weighted by atomic mass is 32.1. The van der Waals surface area contributed by atoms with Gasteiger partial charge >= 0.3 is 5.97 Å². The zero-order valence-corrected chi connectivity index (χ0v) is 9.92. The van der Waals surface area contributed by atoms with Crippen LogP contribution in [0.1, 0.15) is 41.6 Å². The number of hydrogen-bond donors (Lipinski definition) is 2. The van der Waals surface area contributed by atoms with Gasteiger partial charge < -0.3 is 10.4 Å². The van der Waals surface area contributed by atoms with Gasteiger partial charge in [-0.3, -0.25) is 4.79 Å². The lowest BCUT2D eigenvalue weighted by molar-refractivity contribution is -0.136. The van der Waals surface area contributed by atoms with E-state index in [4.69, 9.17) is 5.11 Å². The van der Waals surface area contributed by atoms with Crippen molar-refractivity contribution in [2.75, 3.05) is 6.54 Å². The highest BCUT2D eigenvalue weighted by molar-refractivity contribution is 7.11. The Bertz CT molecular complexity index is 359. The summed E-state index contributed by atoms with van der Waals surface area (Å²) < 4.78 is 0. The maximum atomic E-state index is 10.5. The number of carbonyl (C=O) groups is 1. The van der Waals surface area contributed by atoms with E-state index in [2.05, 4.69) is 10.3 Å². The number of thiazole rings is 1. The second kappa shape index (κ2) is 5.41. The number of piperidine rings is 1. The smallest absolute Gasteiger partial charge is 0.303 e. The van der Waals surface area contributed by atoms with E-state index in [9.17, 15) is 4.79 Å². The molecule has 2 N–H and O–H groups in total. The highest BCUT2D eigenvalue weighted by Crippen LogP contribution is 2.27. The maximum Gasteiger partial charge on any atom is 0.303 e. The van der Waals surface area contributed by atoms with Gasteiger partial charge in [-0.15, -0.1) is 11.3 Å². The van der Waals surface area contributed by atoms with E-state index in [0.29, 0.717) is 12.5 Å². The van der Waals surface area contributed by atoms with E-state index in [1.54, 1.807) is 11.3 Å². The molecule has 1 aliphatic rings. The number of carboxylic acid groups (broad SMARTS) is 1. The van der Waals surface area contributed by atoms with Gasteiger partial charge in [-0.25, -0.2) is 4.98 Å². The summed E-state index contributed by atoms with van der Waals surface area (Å²) >= 11 is 1.64. The Morgan fingerprint density at radius 3 is 3.19 bits per heavy atom. The van der Waals surface area contributed by atoms with Crippen LogP contribution in [0, 0.1) is 0 Å². The number of aliphatic carboxylic acids is 1. The van der Waals surface area contributed by atoms with Crippen LogP contribution in [-0.2, 0) is 11.2 Å². The minimum atomic E-state index is -0.745.